The molecule has 1 amide bonds. The maximum atomic E-state index is 12.4. The number of primary sulfonamides is 1. The minimum absolute atomic E-state index is 0.0517. The Morgan fingerprint density at radius 3 is 2.68 bits per heavy atom. The summed E-state index contributed by atoms with van der Waals surface area (Å²) in [5.41, 5.74) is 1.28. The SMILES string of the molecule is COC(=O)CCn1c(=NC(=O)/C=C/c2ccccc2Cl)sc2cc(S(N)(=O)=O)ccc21. The maximum absolute atomic E-state index is 12.4. The summed E-state index contributed by atoms with van der Waals surface area (Å²) in [5, 5.41) is 5.71. The summed E-state index contributed by atoms with van der Waals surface area (Å²) in [7, 11) is -2.61. The normalized spacial score (nSPS) is 12.5. The molecular weight excluding hydrogens is 462 g/mol. The maximum Gasteiger partial charge on any atom is 0.307 e. The lowest BCUT2D eigenvalue weighted by molar-refractivity contribution is -0.140. The van der Waals surface area contributed by atoms with Gasteiger partial charge in [-0.05, 0) is 35.9 Å². The highest BCUT2D eigenvalue weighted by Crippen LogP contribution is 2.22. The van der Waals surface area contributed by atoms with Gasteiger partial charge in [-0.3, -0.25) is 9.59 Å². The highest BCUT2D eigenvalue weighted by atomic mass is 35.5. The lowest BCUT2D eigenvalue weighted by Gasteiger charge is -2.05. The summed E-state index contributed by atoms with van der Waals surface area (Å²) in [4.78, 5) is 28.4. The molecule has 3 aromatic rings. The zero-order valence-corrected chi connectivity index (χ0v) is 18.7. The van der Waals surface area contributed by atoms with Crippen LogP contribution >= 0.6 is 22.9 Å². The molecule has 162 valence electrons. The molecular formula is C20H18ClN3O5S2. The van der Waals surface area contributed by atoms with Gasteiger partial charge in [0.2, 0.25) is 10.0 Å². The number of aromatic nitrogens is 1. The third kappa shape index (κ3) is 5.67. The first kappa shape index (κ1) is 22.9. The molecule has 0 unspecified atom stereocenters. The number of amides is 1. The molecule has 0 aliphatic heterocycles. The number of esters is 1. The van der Waals surface area contributed by atoms with E-state index in [2.05, 4.69) is 9.73 Å². The van der Waals surface area contributed by atoms with Crippen LogP contribution in [0.15, 0.2) is 58.4 Å². The number of hydrogen-bond acceptors (Lipinski definition) is 6. The highest BCUT2D eigenvalue weighted by Gasteiger charge is 2.14. The molecule has 2 aromatic carbocycles. The van der Waals surface area contributed by atoms with Crippen molar-refractivity contribution in [3.05, 3.63) is 63.9 Å². The van der Waals surface area contributed by atoms with E-state index in [9.17, 15) is 18.0 Å². The second-order valence-electron chi connectivity index (χ2n) is 6.34. The summed E-state index contributed by atoms with van der Waals surface area (Å²) in [5.74, 6) is -0.964. The van der Waals surface area contributed by atoms with E-state index in [1.54, 1.807) is 41.0 Å². The van der Waals surface area contributed by atoms with Crippen molar-refractivity contribution in [2.75, 3.05) is 7.11 Å². The minimum Gasteiger partial charge on any atom is -0.469 e. The Bertz CT molecular complexity index is 1360. The minimum atomic E-state index is -3.89. The highest BCUT2D eigenvalue weighted by molar-refractivity contribution is 7.89. The quantitative estimate of drug-likeness (QED) is 0.430. The Labute approximate surface area is 187 Å². The fraction of sp³-hybridized carbons (Fsp3) is 0.150. The first-order chi connectivity index (χ1) is 14.7. The predicted molar refractivity (Wildman–Crippen MR) is 119 cm³/mol. The molecule has 8 nitrogen and oxygen atoms in total. The van der Waals surface area contributed by atoms with Gasteiger partial charge < -0.3 is 9.30 Å². The predicted octanol–water partition coefficient (Wildman–Crippen LogP) is 2.71. The van der Waals surface area contributed by atoms with E-state index in [0.717, 1.165) is 11.3 Å². The van der Waals surface area contributed by atoms with Crippen LogP contribution in [0.5, 0.6) is 0 Å². The molecule has 0 saturated heterocycles. The van der Waals surface area contributed by atoms with Gasteiger partial charge in [-0.1, -0.05) is 41.1 Å². The lowest BCUT2D eigenvalue weighted by atomic mass is 10.2. The molecule has 0 aliphatic rings. The van der Waals surface area contributed by atoms with Crippen molar-refractivity contribution in [1.82, 2.24) is 4.57 Å². The topological polar surface area (TPSA) is 121 Å². The average molecular weight is 480 g/mol. The Morgan fingerprint density at radius 1 is 1.26 bits per heavy atom. The largest absolute Gasteiger partial charge is 0.469 e. The fourth-order valence-electron chi connectivity index (χ4n) is 2.74. The monoisotopic (exact) mass is 479 g/mol. The van der Waals surface area contributed by atoms with Crippen molar-refractivity contribution >= 4 is 61.1 Å². The molecule has 11 heteroatoms. The van der Waals surface area contributed by atoms with Gasteiger partial charge in [0.25, 0.3) is 5.91 Å². The van der Waals surface area contributed by atoms with Crippen LogP contribution in [0.4, 0.5) is 0 Å². The molecule has 2 N–H and O–H groups in total. The summed E-state index contributed by atoms with van der Waals surface area (Å²) < 4.78 is 30.2. The van der Waals surface area contributed by atoms with Gasteiger partial charge in [0.05, 0.1) is 28.6 Å². The third-order valence-corrected chi connectivity index (χ3v) is 6.56. The van der Waals surface area contributed by atoms with Gasteiger partial charge in [-0.15, -0.1) is 0 Å². The van der Waals surface area contributed by atoms with Gasteiger partial charge in [-0.25, -0.2) is 13.6 Å². The molecule has 1 aromatic heterocycles. The van der Waals surface area contributed by atoms with Crippen LogP contribution in [0.25, 0.3) is 16.3 Å². The van der Waals surface area contributed by atoms with Crippen LogP contribution in [-0.2, 0) is 30.9 Å². The van der Waals surface area contributed by atoms with Crippen molar-refractivity contribution in [3.8, 4) is 0 Å². The Hall–Kier alpha value is -2.79. The molecule has 0 aliphatic carbocycles. The molecule has 0 bridgehead atoms. The number of carbonyl (C=O) groups is 2. The molecule has 31 heavy (non-hydrogen) atoms. The number of nitrogens with zero attached hydrogens (tertiary/aromatic N) is 2. The first-order valence-electron chi connectivity index (χ1n) is 8.93. The number of rotatable bonds is 6. The smallest absolute Gasteiger partial charge is 0.307 e. The fourth-order valence-corrected chi connectivity index (χ4v) is 4.65. The van der Waals surface area contributed by atoms with Crippen LogP contribution in [0.1, 0.15) is 12.0 Å². The van der Waals surface area contributed by atoms with Gasteiger partial charge in [0.15, 0.2) is 4.80 Å². The van der Waals surface area contributed by atoms with Crippen LogP contribution in [-0.4, -0.2) is 32.0 Å². The van der Waals surface area contributed by atoms with Crippen molar-refractivity contribution in [2.24, 2.45) is 10.1 Å². The average Bonchev–Trinajstić information content (AvgIpc) is 3.06. The summed E-state index contributed by atoms with van der Waals surface area (Å²) in [6.45, 7) is 0.196. The second kappa shape index (κ2) is 9.56. The van der Waals surface area contributed by atoms with E-state index in [1.165, 1.54) is 25.3 Å². The number of aryl methyl sites for hydroxylation is 1. The number of hydrogen-bond donors (Lipinski definition) is 1. The molecule has 3 rings (SSSR count). The van der Waals surface area contributed by atoms with E-state index in [1.807, 2.05) is 0 Å². The first-order valence-corrected chi connectivity index (χ1v) is 11.7. The van der Waals surface area contributed by atoms with Gasteiger partial charge in [-0.2, -0.15) is 4.99 Å². The van der Waals surface area contributed by atoms with Crippen molar-refractivity contribution in [3.63, 3.8) is 0 Å². The van der Waals surface area contributed by atoms with Crippen molar-refractivity contribution < 1.29 is 22.7 Å². The summed E-state index contributed by atoms with van der Waals surface area (Å²) in [6, 6.07) is 11.4. The van der Waals surface area contributed by atoms with Gasteiger partial charge in [0.1, 0.15) is 0 Å². The number of methoxy groups -OCH3 is 1. The van der Waals surface area contributed by atoms with Gasteiger partial charge >= 0.3 is 5.97 Å². The molecule has 0 spiro atoms. The van der Waals surface area contributed by atoms with Crippen LogP contribution < -0.4 is 9.94 Å². The number of nitrogens with two attached hydrogens (primary N) is 1. The number of fused-ring (bicyclic) bond motifs is 1. The van der Waals surface area contributed by atoms with E-state index in [4.69, 9.17) is 16.7 Å². The van der Waals surface area contributed by atoms with Gasteiger partial charge in [0, 0.05) is 17.6 Å². The van der Waals surface area contributed by atoms with Crippen molar-refractivity contribution in [2.45, 2.75) is 17.9 Å². The third-order valence-electron chi connectivity index (χ3n) is 4.27. The van der Waals surface area contributed by atoms with E-state index in [-0.39, 0.29) is 17.9 Å². The Balaban J connectivity index is 2.04. The zero-order valence-electron chi connectivity index (χ0n) is 16.3. The number of halogens is 1. The Morgan fingerprint density at radius 2 is 2.00 bits per heavy atom. The zero-order chi connectivity index (χ0) is 22.6. The van der Waals surface area contributed by atoms with E-state index < -0.39 is 21.9 Å². The van der Waals surface area contributed by atoms with Crippen LogP contribution in [0.3, 0.4) is 0 Å². The molecule has 1 heterocycles. The van der Waals surface area contributed by atoms with Crippen molar-refractivity contribution in [1.29, 1.82) is 0 Å². The standard InChI is InChI=1S/C20H18ClN3O5S2/c1-29-19(26)10-11-24-16-8-7-14(31(22,27)28)12-17(16)30-20(24)23-18(25)9-6-13-4-2-3-5-15(13)21/h2-9,12H,10-11H2,1H3,(H2,22,27,28)/b9-6+,23-20?. The number of benzene rings is 2. The lowest BCUT2D eigenvalue weighted by Crippen LogP contribution is -2.19. The second-order valence-corrected chi connectivity index (χ2v) is 9.32. The number of ether oxygens (including phenoxy) is 1. The number of carbonyl (C=O) groups excluding carboxylic acids is 2. The van der Waals surface area contributed by atoms with E-state index >= 15 is 0 Å². The molecule has 0 fully saturated rings. The van der Waals surface area contributed by atoms with E-state index in [0.29, 0.717) is 25.6 Å². The number of sulfonamides is 1. The molecule has 0 radical (unpaired) electrons. The Kier molecular flexibility index (Phi) is 7.06. The van der Waals surface area contributed by atoms with Crippen LogP contribution in [0, 0.1) is 0 Å². The summed E-state index contributed by atoms with van der Waals surface area (Å²) >= 11 is 7.19. The van der Waals surface area contributed by atoms with Crippen LogP contribution in [0.2, 0.25) is 5.02 Å². The summed E-state index contributed by atoms with van der Waals surface area (Å²) in [6.07, 6.45) is 2.89. The molecule has 0 saturated carbocycles. The number of thiazole rings is 1. The molecule has 0 atom stereocenters.